The van der Waals surface area contributed by atoms with Crippen LogP contribution in [0.5, 0.6) is 5.75 Å². The molecule has 0 aliphatic heterocycles. The summed E-state index contributed by atoms with van der Waals surface area (Å²) in [4.78, 5) is 11.8. The lowest BCUT2D eigenvalue weighted by Gasteiger charge is -2.13. The Labute approximate surface area is 114 Å². The fourth-order valence-electron chi connectivity index (χ4n) is 1.69. The van der Waals surface area contributed by atoms with E-state index in [0.717, 1.165) is 18.9 Å². The van der Waals surface area contributed by atoms with Gasteiger partial charge in [0.25, 0.3) is 5.91 Å². The molecule has 4 nitrogen and oxygen atoms in total. The van der Waals surface area contributed by atoms with Gasteiger partial charge in [0.1, 0.15) is 0 Å². The first-order valence-electron chi connectivity index (χ1n) is 6.12. The molecular weight excluding hydrogens is 273 g/mol. The first-order chi connectivity index (χ1) is 9.19. The number of nitrogen functional groups attached to an aromatic ring is 1. The monoisotopic (exact) mass is 288 g/mol. The van der Waals surface area contributed by atoms with Gasteiger partial charge in [-0.05, 0) is 36.5 Å². The van der Waals surface area contributed by atoms with Gasteiger partial charge in [-0.3, -0.25) is 4.79 Å². The molecule has 3 N–H and O–H groups in total. The molecule has 1 saturated carbocycles. The van der Waals surface area contributed by atoms with Crippen LogP contribution in [0.3, 0.4) is 0 Å². The molecule has 0 atom stereocenters. The van der Waals surface area contributed by atoms with Crippen molar-refractivity contribution in [2.24, 2.45) is 5.41 Å². The van der Waals surface area contributed by atoms with E-state index >= 15 is 0 Å². The molecule has 0 bridgehead atoms. The van der Waals surface area contributed by atoms with Crippen molar-refractivity contribution in [3.63, 3.8) is 0 Å². The normalized spacial score (nSPS) is 16.6. The molecule has 1 aliphatic rings. The fourth-order valence-corrected chi connectivity index (χ4v) is 1.69. The van der Waals surface area contributed by atoms with E-state index in [1.54, 1.807) is 0 Å². The minimum atomic E-state index is -4.81. The number of hydrogen-bond donors (Lipinski definition) is 2. The molecule has 0 spiro atoms. The molecule has 1 aliphatic carbocycles. The highest BCUT2D eigenvalue weighted by Gasteiger charge is 2.37. The van der Waals surface area contributed by atoms with Crippen LogP contribution in [-0.2, 0) is 0 Å². The molecule has 0 heterocycles. The number of carbonyl (C=O) groups excluding carboxylic acids is 1. The third-order valence-electron chi connectivity index (χ3n) is 3.28. The summed E-state index contributed by atoms with van der Waals surface area (Å²) in [6.45, 7) is 2.61. The Kier molecular flexibility index (Phi) is 3.54. The first-order valence-corrected chi connectivity index (χ1v) is 6.12. The van der Waals surface area contributed by atoms with Gasteiger partial charge in [-0.15, -0.1) is 13.2 Å². The van der Waals surface area contributed by atoms with Crippen molar-refractivity contribution in [2.45, 2.75) is 26.1 Å². The topological polar surface area (TPSA) is 64.3 Å². The second kappa shape index (κ2) is 4.88. The number of alkyl halides is 3. The smallest absolute Gasteiger partial charge is 0.404 e. The van der Waals surface area contributed by atoms with Gasteiger partial charge >= 0.3 is 6.36 Å². The molecule has 0 saturated heterocycles. The lowest BCUT2D eigenvalue weighted by atomic mass is 10.1. The Morgan fingerprint density at radius 2 is 2.10 bits per heavy atom. The predicted octanol–water partition coefficient (Wildman–Crippen LogP) is 2.70. The average Bonchev–Trinajstić information content (AvgIpc) is 3.06. The lowest BCUT2D eigenvalue weighted by molar-refractivity contribution is -0.274. The van der Waals surface area contributed by atoms with Gasteiger partial charge < -0.3 is 15.8 Å². The third kappa shape index (κ3) is 3.79. The van der Waals surface area contributed by atoms with Crippen molar-refractivity contribution in [2.75, 3.05) is 12.3 Å². The van der Waals surface area contributed by atoms with Gasteiger partial charge in [0, 0.05) is 12.1 Å². The molecule has 0 unspecified atom stereocenters. The van der Waals surface area contributed by atoms with Crippen LogP contribution < -0.4 is 15.8 Å². The molecule has 1 fully saturated rings. The summed E-state index contributed by atoms with van der Waals surface area (Å²) >= 11 is 0. The van der Waals surface area contributed by atoms with E-state index in [-0.39, 0.29) is 22.6 Å². The van der Waals surface area contributed by atoms with Crippen molar-refractivity contribution in [3.05, 3.63) is 23.8 Å². The zero-order valence-electron chi connectivity index (χ0n) is 10.9. The molecule has 0 aromatic heterocycles. The zero-order valence-corrected chi connectivity index (χ0v) is 10.9. The number of rotatable bonds is 4. The Hall–Kier alpha value is -1.92. The quantitative estimate of drug-likeness (QED) is 0.837. The molecule has 1 aromatic carbocycles. The minimum Gasteiger partial charge on any atom is -0.404 e. The number of hydrogen-bond acceptors (Lipinski definition) is 3. The maximum atomic E-state index is 12.1. The number of anilines is 1. The molecule has 20 heavy (non-hydrogen) atoms. The highest BCUT2D eigenvalue weighted by Crippen LogP contribution is 2.44. The summed E-state index contributed by atoms with van der Waals surface area (Å²) in [5, 5.41) is 2.74. The summed E-state index contributed by atoms with van der Waals surface area (Å²) in [7, 11) is 0. The van der Waals surface area contributed by atoms with Gasteiger partial charge in [-0.25, -0.2) is 0 Å². The maximum absolute atomic E-state index is 12.1. The van der Waals surface area contributed by atoms with Gasteiger partial charge in [0.2, 0.25) is 0 Å². The number of carbonyl (C=O) groups is 1. The van der Waals surface area contributed by atoms with Gasteiger partial charge in [-0.2, -0.15) is 0 Å². The number of nitrogens with two attached hydrogens (primary N) is 1. The van der Waals surface area contributed by atoms with E-state index in [9.17, 15) is 18.0 Å². The lowest BCUT2D eigenvalue weighted by Crippen LogP contribution is -2.29. The fraction of sp³-hybridized carbons (Fsp3) is 0.462. The number of amides is 1. The molecular formula is C13H15F3N2O2. The summed E-state index contributed by atoms with van der Waals surface area (Å²) in [5.41, 5.74) is 5.59. The third-order valence-corrected chi connectivity index (χ3v) is 3.28. The Morgan fingerprint density at radius 3 is 2.60 bits per heavy atom. The number of ether oxygens (including phenoxy) is 1. The zero-order chi connectivity index (χ0) is 15.0. The van der Waals surface area contributed by atoms with Crippen molar-refractivity contribution in [1.29, 1.82) is 0 Å². The first kappa shape index (κ1) is 14.5. The van der Waals surface area contributed by atoms with Crippen LogP contribution in [0.2, 0.25) is 0 Å². The Bertz CT molecular complexity index is 525. The van der Waals surface area contributed by atoms with E-state index in [1.165, 1.54) is 12.1 Å². The summed E-state index contributed by atoms with van der Waals surface area (Å²) in [5.74, 6) is -0.869. The largest absolute Gasteiger partial charge is 0.573 e. The Balaban J connectivity index is 2.02. The van der Waals surface area contributed by atoms with Crippen LogP contribution in [0.25, 0.3) is 0 Å². The number of halogens is 3. The summed E-state index contributed by atoms with van der Waals surface area (Å²) in [6, 6.07) is 3.46. The van der Waals surface area contributed by atoms with Crippen LogP contribution >= 0.6 is 0 Å². The number of nitrogens with one attached hydrogen (secondary N) is 1. The molecule has 0 radical (unpaired) electrons. The maximum Gasteiger partial charge on any atom is 0.573 e. The molecule has 1 amide bonds. The molecule has 110 valence electrons. The van der Waals surface area contributed by atoms with E-state index in [1.807, 2.05) is 0 Å². The Morgan fingerprint density at radius 1 is 1.45 bits per heavy atom. The van der Waals surface area contributed by atoms with E-state index in [4.69, 9.17) is 5.73 Å². The van der Waals surface area contributed by atoms with Gasteiger partial charge in [0.05, 0.1) is 5.69 Å². The van der Waals surface area contributed by atoms with Crippen LogP contribution in [0.4, 0.5) is 18.9 Å². The van der Waals surface area contributed by atoms with E-state index in [2.05, 4.69) is 17.0 Å². The standard InChI is InChI=1S/C13H15F3N2O2/c1-12(4-5-12)7-18-11(19)8-2-3-10(9(17)6-8)20-13(14,15)16/h2-3,6H,4-5,7,17H2,1H3,(H,18,19). The second-order valence-electron chi connectivity index (χ2n) is 5.29. The predicted molar refractivity (Wildman–Crippen MR) is 67.2 cm³/mol. The molecule has 1 aromatic rings. The highest BCUT2D eigenvalue weighted by atomic mass is 19.4. The molecule has 7 heteroatoms. The average molecular weight is 288 g/mol. The minimum absolute atomic E-state index is 0.153. The van der Waals surface area contributed by atoms with Crippen LogP contribution in [0.1, 0.15) is 30.1 Å². The highest BCUT2D eigenvalue weighted by molar-refractivity contribution is 5.95. The van der Waals surface area contributed by atoms with Crippen LogP contribution in [0, 0.1) is 5.41 Å². The van der Waals surface area contributed by atoms with Crippen LogP contribution in [-0.4, -0.2) is 18.8 Å². The second-order valence-corrected chi connectivity index (χ2v) is 5.29. The van der Waals surface area contributed by atoms with Crippen molar-refractivity contribution in [3.8, 4) is 5.75 Å². The van der Waals surface area contributed by atoms with Crippen LogP contribution in [0.15, 0.2) is 18.2 Å². The van der Waals surface area contributed by atoms with Crippen molar-refractivity contribution >= 4 is 11.6 Å². The summed E-state index contributed by atoms with van der Waals surface area (Å²) < 4.78 is 40.0. The SMILES string of the molecule is CC1(CNC(=O)c2ccc(OC(F)(F)F)c(N)c2)CC1. The van der Waals surface area contributed by atoms with Crippen molar-refractivity contribution in [1.82, 2.24) is 5.32 Å². The van der Waals surface area contributed by atoms with Gasteiger partial charge in [0.15, 0.2) is 5.75 Å². The van der Waals surface area contributed by atoms with Gasteiger partial charge in [-0.1, -0.05) is 6.92 Å². The summed E-state index contributed by atoms with van der Waals surface area (Å²) in [6.07, 6.45) is -2.68. The molecule has 2 rings (SSSR count). The number of benzene rings is 1. The van der Waals surface area contributed by atoms with Crippen molar-refractivity contribution < 1.29 is 22.7 Å². The van der Waals surface area contributed by atoms with E-state index in [0.29, 0.717) is 6.54 Å². The van der Waals surface area contributed by atoms with E-state index < -0.39 is 12.1 Å².